The van der Waals surface area contributed by atoms with Crippen LogP contribution in [0.5, 0.6) is 5.75 Å². The molecule has 0 fully saturated rings. The zero-order valence-electron chi connectivity index (χ0n) is 16.3. The van der Waals surface area contributed by atoms with Gasteiger partial charge in [-0.3, -0.25) is 0 Å². The number of nitrogens with zero attached hydrogens (tertiary/aromatic N) is 1. The standard InChI is InChI=1S/C21H25NO5/c1-14-10-15(2)22(12-16-6-8-17(25-3)9-7-16)13-19(21(24)27-5)18(11-14)20(23)26-4/h6-11,13,15H,12H2,1-5H3/b14-10-,18-11+,19-13+. The number of methoxy groups -OCH3 is 3. The van der Waals surface area contributed by atoms with Crippen molar-refractivity contribution in [2.24, 2.45) is 0 Å². The first kappa shape index (κ1) is 20.3. The largest absolute Gasteiger partial charge is 0.497 e. The summed E-state index contributed by atoms with van der Waals surface area (Å²) in [6.07, 6.45) is 5.33. The van der Waals surface area contributed by atoms with E-state index in [2.05, 4.69) is 0 Å². The Kier molecular flexibility index (Phi) is 6.82. The van der Waals surface area contributed by atoms with Crippen LogP contribution < -0.4 is 4.74 Å². The number of benzene rings is 1. The van der Waals surface area contributed by atoms with E-state index < -0.39 is 11.9 Å². The van der Waals surface area contributed by atoms with Crippen molar-refractivity contribution in [2.45, 2.75) is 26.4 Å². The van der Waals surface area contributed by atoms with Crippen LogP contribution in [0.15, 0.2) is 59.3 Å². The lowest BCUT2D eigenvalue weighted by Gasteiger charge is -2.29. The minimum Gasteiger partial charge on any atom is -0.497 e. The maximum atomic E-state index is 12.4. The van der Waals surface area contributed by atoms with Gasteiger partial charge >= 0.3 is 11.9 Å². The summed E-state index contributed by atoms with van der Waals surface area (Å²) in [4.78, 5) is 26.6. The summed E-state index contributed by atoms with van der Waals surface area (Å²) in [7, 11) is 4.19. The van der Waals surface area contributed by atoms with E-state index in [1.165, 1.54) is 14.2 Å². The van der Waals surface area contributed by atoms with E-state index >= 15 is 0 Å². The van der Waals surface area contributed by atoms with Gasteiger partial charge in [-0.25, -0.2) is 9.59 Å². The van der Waals surface area contributed by atoms with Gasteiger partial charge in [-0.1, -0.05) is 23.8 Å². The van der Waals surface area contributed by atoms with Gasteiger partial charge in [0.1, 0.15) is 5.75 Å². The Morgan fingerprint density at radius 2 is 1.59 bits per heavy atom. The molecule has 0 saturated heterocycles. The average Bonchev–Trinajstić information content (AvgIpc) is 2.67. The molecule has 1 atom stereocenters. The topological polar surface area (TPSA) is 65.1 Å². The molecule has 0 N–H and O–H groups in total. The summed E-state index contributed by atoms with van der Waals surface area (Å²) in [5, 5.41) is 0. The first-order chi connectivity index (χ1) is 12.9. The minimum atomic E-state index is -0.590. The van der Waals surface area contributed by atoms with Crippen LogP contribution in [-0.2, 0) is 25.6 Å². The molecule has 1 aliphatic heterocycles. The Labute approximate surface area is 159 Å². The van der Waals surface area contributed by atoms with Crippen LogP contribution in [0.4, 0.5) is 0 Å². The predicted octanol–water partition coefficient (Wildman–Crippen LogP) is 3.00. The highest BCUT2D eigenvalue weighted by Crippen LogP contribution is 2.24. The Hall–Kier alpha value is -3.02. The Bertz CT molecular complexity index is 789. The van der Waals surface area contributed by atoms with Crippen molar-refractivity contribution in [2.75, 3.05) is 21.3 Å². The summed E-state index contributed by atoms with van der Waals surface area (Å²) in [6, 6.07) is 7.70. The molecule has 0 aromatic heterocycles. The molecular formula is C21H25NO5. The fourth-order valence-corrected chi connectivity index (χ4v) is 2.87. The molecule has 0 radical (unpaired) electrons. The van der Waals surface area contributed by atoms with E-state index in [0.717, 1.165) is 16.9 Å². The van der Waals surface area contributed by atoms with Gasteiger partial charge in [0.2, 0.25) is 0 Å². The number of hydrogen-bond acceptors (Lipinski definition) is 6. The summed E-state index contributed by atoms with van der Waals surface area (Å²) < 4.78 is 14.9. The number of esters is 2. The first-order valence-electron chi connectivity index (χ1n) is 8.57. The Morgan fingerprint density at radius 3 is 2.15 bits per heavy atom. The van der Waals surface area contributed by atoms with E-state index in [-0.39, 0.29) is 17.2 Å². The molecule has 144 valence electrons. The number of carbonyl (C=O) groups is 2. The maximum absolute atomic E-state index is 12.4. The summed E-state index contributed by atoms with van der Waals surface area (Å²) in [6.45, 7) is 4.45. The van der Waals surface area contributed by atoms with Crippen molar-refractivity contribution >= 4 is 11.9 Å². The minimum absolute atomic E-state index is 0.00204. The van der Waals surface area contributed by atoms with Gasteiger partial charge in [0.25, 0.3) is 0 Å². The molecule has 0 spiro atoms. The summed E-state index contributed by atoms with van der Waals surface area (Å²) in [5.41, 5.74) is 2.23. The van der Waals surface area contributed by atoms with E-state index in [9.17, 15) is 9.59 Å². The van der Waals surface area contributed by atoms with Crippen LogP contribution in [-0.4, -0.2) is 44.2 Å². The second-order valence-corrected chi connectivity index (χ2v) is 6.26. The molecule has 1 heterocycles. The van der Waals surface area contributed by atoms with Crippen LogP contribution in [0.2, 0.25) is 0 Å². The first-order valence-corrected chi connectivity index (χ1v) is 8.57. The molecule has 1 aromatic rings. The lowest BCUT2D eigenvalue weighted by Crippen LogP contribution is -2.29. The van der Waals surface area contributed by atoms with E-state index in [1.54, 1.807) is 19.4 Å². The van der Waals surface area contributed by atoms with Crippen molar-refractivity contribution in [3.8, 4) is 5.75 Å². The van der Waals surface area contributed by atoms with Crippen molar-refractivity contribution in [3.63, 3.8) is 0 Å². The van der Waals surface area contributed by atoms with Crippen molar-refractivity contribution in [1.82, 2.24) is 4.90 Å². The molecule has 6 nitrogen and oxygen atoms in total. The average molecular weight is 371 g/mol. The fraction of sp³-hybridized carbons (Fsp3) is 0.333. The second-order valence-electron chi connectivity index (χ2n) is 6.26. The molecule has 0 amide bonds. The third-order valence-corrected chi connectivity index (χ3v) is 4.32. The number of ether oxygens (including phenoxy) is 3. The van der Waals surface area contributed by atoms with Crippen LogP contribution >= 0.6 is 0 Å². The number of hydrogen-bond donors (Lipinski definition) is 0. The zero-order chi connectivity index (χ0) is 20.0. The normalized spacial score (nSPS) is 22.8. The molecule has 6 heteroatoms. The third kappa shape index (κ3) is 5.00. The van der Waals surface area contributed by atoms with Crippen LogP contribution in [0, 0.1) is 0 Å². The third-order valence-electron chi connectivity index (χ3n) is 4.32. The summed E-state index contributed by atoms with van der Waals surface area (Å²) in [5.74, 6) is -0.400. The number of rotatable bonds is 5. The monoisotopic (exact) mass is 371 g/mol. The molecule has 0 bridgehead atoms. The highest BCUT2D eigenvalue weighted by Gasteiger charge is 2.26. The highest BCUT2D eigenvalue weighted by molar-refractivity contribution is 6.07. The fourth-order valence-electron chi connectivity index (χ4n) is 2.87. The molecule has 27 heavy (non-hydrogen) atoms. The zero-order valence-corrected chi connectivity index (χ0v) is 16.3. The summed E-state index contributed by atoms with van der Waals surface area (Å²) >= 11 is 0. The predicted molar refractivity (Wildman–Crippen MR) is 102 cm³/mol. The lowest BCUT2D eigenvalue weighted by molar-refractivity contribution is -0.139. The molecule has 0 aliphatic carbocycles. The van der Waals surface area contributed by atoms with Crippen LogP contribution in [0.3, 0.4) is 0 Å². The van der Waals surface area contributed by atoms with Gasteiger partial charge in [0.05, 0.1) is 32.5 Å². The second kappa shape index (κ2) is 9.07. The quantitative estimate of drug-likeness (QED) is 0.742. The highest BCUT2D eigenvalue weighted by atomic mass is 16.5. The SMILES string of the molecule is COC(=O)C1=C/C(C)=C\C(C)N(Cc2ccc(OC)cc2)/C=C\1C(=O)OC. The van der Waals surface area contributed by atoms with Gasteiger partial charge in [-0.2, -0.15) is 0 Å². The molecule has 1 aromatic carbocycles. The maximum Gasteiger partial charge on any atom is 0.340 e. The Balaban J connectivity index is 2.48. The van der Waals surface area contributed by atoms with Gasteiger partial charge in [-0.15, -0.1) is 0 Å². The van der Waals surface area contributed by atoms with E-state index in [0.29, 0.717) is 6.54 Å². The smallest absolute Gasteiger partial charge is 0.340 e. The molecule has 0 saturated carbocycles. The van der Waals surface area contributed by atoms with Crippen LogP contribution in [0.25, 0.3) is 0 Å². The molecular weight excluding hydrogens is 346 g/mol. The van der Waals surface area contributed by atoms with Crippen LogP contribution in [0.1, 0.15) is 19.4 Å². The van der Waals surface area contributed by atoms with E-state index in [1.807, 2.05) is 49.1 Å². The van der Waals surface area contributed by atoms with E-state index in [4.69, 9.17) is 14.2 Å². The van der Waals surface area contributed by atoms with Crippen molar-refractivity contribution in [3.05, 3.63) is 64.9 Å². The number of carbonyl (C=O) groups excluding carboxylic acids is 2. The van der Waals surface area contributed by atoms with Crippen molar-refractivity contribution in [1.29, 1.82) is 0 Å². The van der Waals surface area contributed by atoms with Gasteiger partial charge in [-0.05, 0) is 37.6 Å². The lowest BCUT2D eigenvalue weighted by atomic mass is 10.00. The molecule has 1 aliphatic rings. The van der Waals surface area contributed by atoms with Crippen molar-refractivity contribution < 1.29 is 23.8 Å². The van der Waals surface area contributed by atoms with Gasteiger partial charge in [0.15, 0.2) is 0 Å². The Morgan fingerprint density at radius 1 is 1.00 bits per heavy atom. The number of allylic oxidation sites excluding steroid dienone is 2. The van der Waals surface area contributed by atoms with Gasteiger partial charge < -0.3 is 19.1 Å². The molecule has 1 unspecified atom stereocenters. The molecule has 2 rings (SSSR count). The van der Waals surface area contributed by atoms with Gasteiger partial charge in [0, 0.05) is 18.8 Å².